The number of thiophene rings is 1. The van der Waals surface area contributed by atoms with Crippen LogP contribution in [0, 0.1) is 18.2 Å². The Morgan fingerprint density at radius 1 is 1.25 bits per heavy atom. The molecule has 3 N–H and O–H groups in total. The Morgan fingerprint density at radius 2 is 2.06 bits per heavy atom. The molecule has 1 aliphatic carbocycles. The third kappa shape index (κ3) is 6.22. The number of carbonyl (C=O) groups excluding carboxylic acids is 1. The highest BCUT2D eigenvalue weighted by Gasteiger charge is 2.49. The molecule has 1 saturated carbocycles. The maximum atomic E-state index is 17.3. The van der Waals surface area contributed by atoms with Crippen LogP contribution in [0.15, 0.2) is 12.1 Å². The van der Waals surface area contributed by atoms with Crippen molar-refractivity contribution < 1.29 is 32.2 Å². The number of benzene rings is 2. The van der Waals surface area contributed by atoms with Crippen molar-refractivity contribution in [1.82, 2.24) is 20.2 Å². The molecule has 4 aromatic rings. The molecule has 2 unspecified atom stereocenters. The lowest BCUT2D eigenvalue weighted by Gasteiger charge is -2.32. The second-order valence-electron chi connectivity index (χ2n) is 15.3. The summed E-state index contributed by atoms with van der Waals surface area (Å²) in [5.41, 5.74) is 4.88. The quantitative estimate of drug-likeness (QED) is 0.187. The average molecular weight is 770 g/mol. The van der Waals surface area contributed by atoms with Crippen LogP contribution in [0.25, 0.3) is 37.0 Å². The van der Waals surface area contributed by atoms with Gasteiger partial charge in [-0.25, -0.2) is 22.8 Å². The SMILES string of the molecule is [C-]#[N+]c1c(N)sc2c(F)ccc(-c3c(Cl)c4c5c(nc(OC[C@@]67CCCN6C[C@H](F)C7)nc5c3F)N(C3CCC(NC(=O)OC(C)(C)C)C3)CCO4)c12. The lowest BCUT2D eigenvalue weighted by Crippen LogP contribution is -2.43. The molecule has 1 amide bonds. The molecule has 11 nitrogen and oxygen atoms in total. The number of nitrogen functional groups attached to an aromatic ring is 1. The number of aromatic nitrogens is 2. The van der Waals surface area contributed by atoms with Gasteiger partial charge in [-0.2, -0.15) is 9.97 Å². The Balaban J connectivity index is 1.25. The van der Waals surface area contributed by atoms with Crippen LogP contribution in [-0.4, -0.2) is 83.2 Å². The summed E-state index contributed by atoms with van der Waals surface area (Å²) in [6, 6.07) is 2.17. The highest BCUT2D eigenvalue weighted by atomic mass is 35.5. The zero-order chi connectivity index (χ0) is 37.4. The number of nitrogens with zero attached hydrogens (tertiary/aromatic N) is 5. The fraction of sp³-hybridized carbons (Fsp3) is 0.514. The maximum absolute atomic E-state index is 17.3. The molecule has 5 heterocycles. The normalized spacial score (nSPS) is 24.3. The smallest absolute Gasteiger partial charge is 0.407 e. The summed E-state index contributed by atoms with van der Waals surface area (Å²) >= 11 is 7.98. The molecular weight excluding hydrogens is 731 g/mol. The number of nitrogens with two attached hydrogens (primary N) is 1. The van der Waals surface area contributed by atoms with Crippen LogP contribution in [-0.2, 0) is 4.74 Å². The third-order valence-corrected chi connectivity index (χ3v) is 12.1. The first-order valence-electron chi connectivity index (χ1n) is 17.8. The van der Waals surface area contributed by atoms with Crippen LogP contribution in [0.4, 0.5) is 34.5 Å². The standard InChI is InChI=1S/C37H39ClF3N7O4S/c1-36(2,3)52-35(49)44-19-6-7-20(14-19)48-12-13-50-30-25-28(45-34(46-33(25)48)51-17-37-10-5-11-47(37)16-18(39)15-37)27(41)23(26(30)38)21-8-9-22(40)31-24(21)29(43-4)32(42)53-31/h8-9,18-20H,5-7,10-17,42H2,1-3H3,(H,44,49)/t18-,19?,20?,37+/m1/s1. The number of hydrogen-bond acceptors (Lipinski definition) is 10. The lowest BCUT2D eigenvalue weighted by atomic mass is 9.95. The summed E-state index contributed by atoms with van der Waals surface area (Å²) < 4.78 is 65.3. The number of amides is 1. The summed E-state index contributed by atoms with van der Waals surface area (Å²) in [5, 5.41) is 3.38. The summed E-state index contributed by atoms with van der Waals surface area (Å²) in [6.45, 7) is 14.9. The molecule has 8 rings (SSSR count). The minimum Gasteiger partial charge on any atom is -0.489 e. The van der Waals surface area contributed by atoms with Gasteiger partial charge in [0.05, 0.1) is 38.8 Å². The Hall–Kier alpha value is -4.26. The van der Waals surface area contributed by atoms with Gasteiger partial charge in [0.25, 0.3) is 0 Å². The predicted molar refractivity (Wildman–Crippen MR) is 198 cm³/mol. The molecule has 2 aromatic carbocycles. The van der Waals surface area contributed by atoms with Crippen LogP contribution in [0.5, 0.6) is 11.8 Å². The summed E-state index contributed by atoms with van der Waals surface area (Å²) in [5.74, 6) is -0.932. The van der Waals surface area contributed by atoms with Gasteiger partial charge < -0.3 is 30.2 Å². The molecule has 4 atom stereocenters. The van der Waals surface area contributed by atoms with E-state index in [0.717, 1.165) is 30.7 Å². The van der Waals surface area contributed by atoms with Crippen molar-refractivity contribution in [3.63, 3.8) is 0 Å². The summed E-state index contributed by atoms with van der Waals surface area (Å²) in [6.07, 6.45) is 2.46. The fourth-order valence-electron chi connectivity index (χ4n) is 8.57. The fourth-order valence-corrected chi connectivity index (χ4v) is 9.85. The van der Waals surface area contributed by atoms with E-state index in [9.17, 15) is 9.18 Å². The van der Waals surface area contributed by atoms with E-state index >= 15 is 8.78 Å². The zero-order valence-electron chi connectivity index (χ0n) is 29.5. The Morgan fingerprint density at radius 3 is 2.83 bits per heavy atom. The van der Waals surface area contributed by atoms with E-state index < -0.39 is 35.0 Å². The first kappa shape index (κ1) is 35.8. The number of alkyl halides is 1. The van der Waals surface area contributed by atoms with Gasteiger partial charge in [0.15, 0.2) is 11.6 Å². The molecule has 0 radical (unpaired) electrons. The van der Waals surface area contributed by atoms with E-state index in [0.29, 0.717) is 44.6 Å². The minimum absolute atomic E-state index is 0.000643. The maximum Gasteiger partial charge on any atom is 0.407 e. The molecule has 280 valence electrons. The molecule has 2 aromatic heterocycles. The van der Waals surface area contributed by atoms with Crippen LogP contribution in [0.3, 0.4) is 0 Å². The van der Waals surface area contributed by atoms with E-state index in [1.165, 1.54) is 12.1 Å². The van der Waals surface area contributed by atoms with Gasteiger partial charge in [-0.1, -0.05) is 17.7 Å². The van der Waals surface area contributed by atoms with Crippen LogP contribution in [0.1, 0.15) is 59.3 Å². The Labute approximate surface area is 313 Å². The van der Waals surface area contributed by atoms with Crippen molar-refractivity contribution in [1.29, 1.82) is 0 Å². The molecule has 3 fully saturated rings. The number of nitrogens with one attached hydrogen (secondary N) is 1. The number of ether oxygens (including phenoxy) is 3. The molecule has 0 spiro atoms. The van der Waals surface area contributed by atoms with Crippen molar-refractivity contribution in [3.05, 3.63) is 40.2 Å². The van der Waals surface area contributed by atoms with E-state index in [4.69, 9.17) is 43.1 Å². The average Bonchev–Trinajstić information content (AvgIpc) is 3.83. The van der Waals surface area contributed by atoms with Gasteiger partial charge in [-0.3, -0.25) is 4.90 Å². The van der Waals surface area contributed by atoms with Crippen molar-refractivity contribution in [3.8, 4) is 22.9 Å². The molecule has 0 bridgehead atoms. The number of carbonyl (C=O) groups is 1. The molecule has 2 saturated heterocycles. The number of anilines is 2. The van der Waals surface area contributed by atoms with Gasteiger partial charge in [-0.05, 0) is 71.0 Å². The van der Waals surface area contributed by atoms with E-state index in [1.807, 2.05) is 4.90 Å². The van der Waals surface area contributed by atoms with Crippen molar-refractivity contribution >= 4 is 66.5 Å². The number of hydrogen-bond donors (Lipinski definition) is 2. The van der Waals surface area contributed by atoms with Gasteiger partial charge in [-0.15, -0.1) is 11.3 Å². The number of alkyl carbamates (subject to hydrolysis) is 1. The first-order chi connectivity index (χ1) is 25.3. The summed E-state index contributed by atoms with van der Waals surface area (Å²) in [7, 11) is 0. The van der Waals surface area contributed by atoms with E-state index in [2.05, 4.69) is 20.0 Å². The summed E-state index contributed by atoms with van der Waals surface area (Å²) in [4.78, 5) is 29.8. The second-order valence-corrected chi connectivity index (χ2v) is 16.8. The first-order valence-corrected chi connectivity index (χ1v) is 19.0. The van der Waals surface area contributed by atoms with E-state index in [-0.39, 0.29) is 84.9 Å². The highest BCUT2D eigenvalue weighted by Crippen LogP contribution is 2.53. The monoisotopic (exact) mass is 769 g/mol. The van der Waals surface area contributed by atoms with Crippen molar-refractivity contribution in [2.24, 2.45) is 0 Å². The van der Waals surface area contributed by atoms with Crippen LogP contribution in [0.2, 0.25) is 5.02 Å². The predicted octanol–water partition coefficient (Wildman–Crippen LogP) is 8.18. The van der Waals surface area contributed by atoms with Gasteiger partial charge >= 0.3 is 12.1 Å². The minimum atomic E-state index is -0.970. The number of halogens is 4. The molecule has 3 aliphatic heterocycles. The highest BCUT2D eigenvalue weighted by molar-refractivity contribution is 7.23. The molecule has 4 aliphatic rings. The van der Waals surface area contributed by atoms with E-state index in [1.54, 1.807) is 20.8 Å². The zero-order valence-corrected chi connectivity index (χ0v) is 31.1. The van der Waals surface area contributed by atoms with Crippen molar-refractivity contribution in [2.75, 3.05) is 43.5 Å². The topological polar surface area (TPSA) is 119 Å². The Bertz CT molecular complexity index is 2190. The van der Waals surface area contributed by atoms with Gasteiger partial charge in [0.2, 0.25) is 5.69 Å². The molecular formula is C37H39ClF3N7O4S. The third-order valence-electron chi connectivity index (χ3n) is 10.8. The molecule has 53 heavy (non-hydrogen) atoms. The van der Waals surface area contributed by atoms with Crippen molar-refractivity contribution in [2.45, 2.75) is 88.7 Å². The molecule has 16 heteroatoms. The number of fused-ring (bicyclic) bond motifs is 2. The van der Waals surface area contributed by atoms with Crippen LogP contribution < -0.4 is 25.4 Å². The van der Waals surface area contributed by atoms with Crippen LogP contribution >= 0.6 is 22.9 Å². The second kappa shape index (κ2) is 13.2. The number of rotatable bonds is 6. The van der Waals surface area contributed by atoms with Gasteiger partial charge in [0.1, 0.15) is 42.1 Å². The largest absolute Gasteiger partial charge is 0.489 e. The lowest BCUT2D eigenvalue weighted by molar-refractivity contribution is 0.0505. The van der Waals surface area contributed by atoms with Gasteiger partial charge in [0, 0.05) is 36.0 Å². The Kier molecular flexibility index (Phi) is 8.93.